The van der Waals surface area contributed by atoms with E-state index >= 15 is 0 Å². The third kappa shape index (κ3) is 2.33. The second-order valence-corrected chi connectivity index (χ2v) is 7.75. The molecule has 0 unspecified atom stereocenters. The number of aromatic amines is 1. The van der Waals surface area contributed by atoms with Crippen molar-refractivity contribution >= 4 is 49.1 Å². The maximum atomic E-state index is 4.91. The predicted molar refractivity (Wildman–Crippen MR) is 107 cm³/mol. The number of hydrogen-bond acceptors (Lipinski definition) is 3. The normalized spacial score (nSPS) is 11.6. The Kier molecular flexibility index (Phi) is 3.29. The first-order valence-electron chi connectivity index (χ1n) is 7.82. The highest BCUT2D eigenvalue weighted by Crippen LogP contribution is 2.36. The fraction of sp³-hybridized carbons (Fsp3) is 0.0526. The molecule has 0 amide bonds. The number of benzene rings is 1. The summed E-state index contributed by atoms with van der Waals surface area (Å²) < 4.78 is 3.19. The molecule has 0 aliphatic carbocycles. The van der Waals surface area contributed by atoms with Gasteiger partial charge in [0.15, 0.2) is 0 Å². The van der Waals surface area contributed by atoms with Gasteiger partial charge in [0, 0.05) is 69.1 Å². The molecule has 25 heavy (non-hydrogen) atoms. The fourth-order valence-corrected chi connectivity index (χ4v) is 4.44. The van der Waals surface area contributed by atoms with Crippen LogP contribution < -0.4 is 0 Å². The zero-order valence-electron chi connectivity index (χ0n) is 13.3. The molecule has 0 atom stereocenters. The number of nitrogens with one attached hydrogen (secondary N) is 1. The van der Waals surface area contributed by atoms with Gasteiger partial charge in [0.05, 0.1) is 11.2 Å². The Morgan fingerprint density at radius 1 is 1.16 bits per heavy atom. The minimum absolute atomic E-state index is 0.989. The lowest BCUT2D eigenvalue weighted by atomic mass is 10.1. The summed E-state index contributed by atoms with van der Waals surface area (Å²) in [5.74, 6) is 0. The highest BCUT2D eigenvalue weighted by Gasteiger charge is 2.15. The first-order valence-corrected chi connectivity index (χ1v) is 9.50. The molecule has 1 N–H and O–H groups in total. The number of halogens is 1. The minimum atomic E-state index is 0.989. The molecule has 0 saturated carbocycles. The van der Waals surface area contributed by atoms with Crippen LogP contribution in [0.2, 0.25) is 0 Å². The van der Waals surface area contributed by atoms with E-state index in [1.54, 1.807) is 11.3 Å². The molecule has 0 aliphatic rings. The van der Waals surface area contributed by atoms with Crippen molar-refractivity contribution in [2.45, 2.75) is 0 Å². The molecule has 5 aromatic rings. The quantitative estimate of drug-likeness (QED) is 0.412. The summed E-state index contributed by atoms with van der Waals surface area (Å²) >= 11 is 5.22. The number of thiazole rings is 1. The molecule has 1 aromatic carbocycles. The Balaban J connectivity index is 1.67. The van der Waals surface area contributed by atoms with E-state index in [1.165, 1.54) is 5.39 Å². The maximum Gasteiger partial charge on any atom is 0.126 e. The topological polar surface area (TPSA) is 46.5 Å². The van der Waals surface area contributed by atoms with Crippen LogP contribution in [0.4, 0.5) is 0 Å². The summed E-state index contributed by atoms with van der Waals surface area (Å²) in [5, 5.41) is 5.44. The van der Waals surface area contributed by atoms with Crippen LogP contribution >= 0.6 is 27.3 Å². The van der Waals surface area contributed by atoms with E-state index in [-0.39, 0.29) is 0 Å². The van der Waals surface area contributed by atoms with Crippen molar-refractivity contribution in [3.63, 3.8) is 0 Å². The molecule has 0 saturated heterocycles. The third-order valence-electron chi connectivity index (χ3n) is 4.45. The van der Waals surface area contributed by atoms with E-state index in [0.717, 1.165) is 42.7 Å². The van der Waals surface area contributed by atoms with Crippen molar-refractivity contribution in [2.24, 2.45) is 7.05 Å². The van der Waals surface area contributed by atoms with E-state index < -0.39 is 0 Å². The molecule has 122 valence electrons. The number of nitrogens with zero attached hydrogens (tertiary/aromatic N) is 3. The molecule has 0 spiro atoms. The average molecular weight is 409 g/mol. The van der Waals surface area contributed by atoms with Crippen molar-refractivity contribution in [1.82, 2.24) is 19.5 Å². The standard InChI is InChI=1S/C19H13BrN4S/c1-24-9-15(13-7-21-5-4-18(13)24)17-10-25-19(23-17)14-8-22-16-3-2-11(20)6-12(14)16/h2-10,22H,1H3. The lowest BCUT2D eigenvalue weighted by Gasteiger charge is -1.96. The van der Waals surface area contributed by atoms with Crippen molar-refractivity contribution in [3.05, 3.63) is 58.9 Å². The van der Waals surface area contributed by atoms with Gasteiger partial charge in [0.25, 0.3) is 0 Å². The molecule has 4 nitrogen and oxygen atoms in total. The van der Waals surface area contributed by atoms with Gasteiger partial charge >= 0.3 is 0 Å². The summed E-state index contributed by atoms with van der Waals surface area (Å²) in [7, 11) is 2.05. The molecule has 6 heteroatoms. The summed E-state index contributed by atoms with van der Waals surface area (Å²) in [5.41, 5.74) is 5.52. The Labute approximate surface area is 156 Å². The summed E-state index contributed by atoms with van der Waals surface area (Å²) in [6.07, 6.45) is 7.89. The van der Waals surface area contributed by atoms with Crippen LogP contribution in [0.15, 0.2) is 58.9 Å². The average Bonchev–Trinajstić information content (AvgIpc) is 3.32. The van der Waals surface area contributed by atoms with Crippen molar-refractivity contribution in [1.29, 1.82) is 0 Å². The summed E-state index contributed by atoms with van der Waals surface area (Å²) in [6.45, 7) is 0. The van der Waals surface area contributed by atoms with Crippen LogP contribution in [0.25, 0.3) is 43.6 Å². The molecule has 0 bridgehead atoms. The van der Waals surface area contributed by atoms with Crippen molar-refractivity contribution < 1.29 is 0 Å². The van der Waals surface area contributed by atoms with E-state index in [9.17, 15) is 0 Å². The van der Waals surface area contributed by atoms with Crippen LogP contribution in [-0.4, -0.2) is 19.5 Å². The molecule has 0 fully saturated rings. The molecule has 4 heterocycles. The molecule has 4 aromatic heterocycles. The lowest BCUT2D eigenvalue weighted by Crippen LogP contribution is -1.82. The molecular formula is C19H13BrN4S. The lowest BCUT2D eigenvalue weighted by molar-refractivity contribution is 0.968. The van der Waals surface area contributed by atoms with Gasteiger partial charge in [-0.2, -0.15) is 0 Å². The van der Waals surface area contributed by atoms with Crippen LogP contribution in [0.1, 0.15) is 0 Å². The highest BCUT2D eigenvalue weighted by molar-refractivity contribution is 9.10. The Bertz CT molecular complexity index is 1230. The van der Waals surface area contributed by atoms with Gasteiger partial charge < -0.3 is 9.55 Å². The Hall–Kier alpha value is -2.44. The van der Waals surface area contributed by atoms with Gasteiger partial charge in [-0.3, -0.25) is 4.98 Å². The Morgan fingerprint density at radius 3 is 3.00 bits per heavy atom. The molecular weight excluding hydrogens is 396 g/mol. The molecule has 0 aliphatic heterocycles. The zero-order valence-corrected chi connectivity index (χ0v) is 15.7. The van der Waals surface area contributed by atoms with Crippen LogP contribution in [0, 0.1) is 0 Å². The van der Waals surface area contributed by atoms with Gasteiger partial charge in [0.2, 0.25) is 0 Å². The first-order chi connectivity index (χ1) is 12.2. The van der Waals surface area contributed by atoms with Gasteiger partial charge in [0.1, 0.15) is 5.01 Å². The van der Waals surface area contributed by atoms with Gasteiger partial charge in [-0.05, 0) is 24.3 Å². The SMILES string of the molecule is Cn1cc(-c2csc(-c3c[nH]c4ccc(Br)cc34)n2)c2cnccc21. The molecule has 5 rings (SSSR count). The van der Waals surface area contributed by atoms with E-state index in [2.05, 4.69) is 61.2 Å². The first kappa shape index (κ1) is 14.9. The number of H-pyrrole nitrogens is 1. The number of fused-ring (bicyclic) bond motifs is 2. The zero-order chi connectivity index (χ0) is 17.0. The fourth-order valence-electron chi connectivity index (χ4n) is 3.23. The maximum absolute atomic E-state index is 4.91. The third-order valence-corrected chi connectivity index (χ3v) is 5.81. The molecule has 0 radical (unpaired) electrons. The van der Waals surface area contributed by atoms with Crippen LogP contribution in [0.5, 0.6) is 0 Å². The van der Waals surface area contributed by atoms with E-state index in [0.29, 0.717) is 0 Å². The van der Waals surface area contributed by atoms with E-state index in [4.69, 9.17) is 4.98 Å². The monoisotopic (exact) mass is 408 g/mol. The Morgan fingerprint density at radius 2 is 2.08 bits per heavy atom. The smallest absolute Gasteiger partial charge is 0.126 e. The number of hydrogen-bond donors (Lipinski definition) is 1. The number of aryl methyl sites for hydroxylation is 1. The largest absolute Gasteiger partial charge is 0.360 e. The summed E-state index contributed by atoms with van der Waals surface area (Å²) in [4.78, 5) is 12.5. The summed E-state index contributed by atoms with van der Waals surface area (Å²) in [6, 6.07) is 8.28. The van der Waals surface area contributed by atoms with Gasteiger partial charge in [-0.15, -0.1) is 11.3 Å². The van der Waals surface area contributed by atoms with Crippen molar-refractivity contribution in [2.75, 3.05) is 0 Å². The minimum Gasteiger partial charge on any atom is -0.360 e. The van der Waals surface area contributed by atoms with Crippen molar-refractivity contribution in [3.8, 4) is 21.8 Å². The predicted octanol–water partition coefficient (Wildman–Crippen LogP) is 5.61. The highest BCUT2D eigenvalue weighted by atomic mass is 79.9. The number of rotatable bonds is 2. The second kappa shape index (κ2) is 5.54. The number of aromatic nitrogens is 4. The number of pyridine rings is 1. The van der Waals surface area contributed by atoms with Gasteiger partial charge in [-0.25, -0.2) is 4.98 Å². The van der Waals surface area contributed by atoms with Crippen LogP contribution in [-0.2, 0) is 7.05 Å². The van der Waals surface area contributed by atoms with Crippen LogP contribution in [0.3, 0.4) is 0 Å². The second-order valence-electron chi connectivity index (χ2n) is 5.98. The van der Waals surface area contributed by atoms with Gasteiger partial charge in [-0.1, -0.05) is 15.9 Å². The van der Waals surface area contributed by atoms with E-state index in [1.807, 2.05) is 30.7 Å².